The first-order chi connectivity index (χ1) is 19.2. The molecule has 0 radical (unpaired) electrons. The third kappa shape index (κ3) is 6.56. The average Bonchev–Trinajstić information content (AvgIpc) is 3.27. The van der Waals surface area contributed by atoms with Crippen LogP contribution < -0.4 is 20.3 Å². The summed E-state index contributed by atoms with van der Waals surface area (Å²) >= 11 is 0. The quantitative estimate of drug-likeness (QED) is 0.241. The number of para-hydroxylation sites is 1. The lowest BCUT2D eigenvalue weighted by atomic mass is 10.1. The second kappa shape index (κ2) is 12.3. The molecule has 4 rings (SSSR count). The van der Waals surface area contributed by atoms with Crippen molar-refractivity contribution in [3.63, 3.8) is 0 Å². The SMILES string of the molecule is COc1cc(N(C)CCN(C)C)c(NC(=O)/C=C\C(=O)O)cc1Nc1nccc(-c2cn(C)c3ccccc23)n1. The molecule has 4 aromatic rings. The molecule has 0 unspecified atom stereocenters. The van der Waals surface area contributed by atoms with Crippen molar-refractivity contribution in [3.8, 4) is 17.0 Å². The Kier molecular flexibility index (Phi) is 8.65. The summed E-state index contributed by atoms with van der Waals surface area (Å²) in [6, 6.07) is 13.5. The molecule has 11 heteroatoms. The number of hydrogen-bond acceptors (Lipinski definition) is 8. The summed E-state index contributed by atoms with van der Waals surface area (Å²) in [7, 11) is 9.42. The molecule has 1 amide bonds. The minimum atomic E-state index is -1.21. The Bertz CT molecular complexity index is 1560. The lowest BCUT2D eigenvalue weighted by Gasteiger charge is -2.26. The van der Waals surface area contributed by atoms with Crippen molar-refractivity contribution in [2.75, 3.05) is 56.9 Å². The number of hydrogen-bond donors (Lipinski definition) is 3. The van der Waals surface area contributed by atoms with Crippen LogP contribution in [0.5, 0.6) is 5.75 Å². The molecule has 0 saturated carbocycles. The van der Waals surface area contributed by atoms with Gasteiger partial charge >= 0.3 is 5.97 Å². The van der Waals surface area contributed by atoms with Crippen molar-refractivity contribution < 1.29 is 19.4 Å². The van der Waals surface area contributed by atoms with Gasteiger partial charge in [-0.3, -0.25) is 4.79 Å². The van der Waals surface area contributed by atoms with Crippen molar-refractivity contribution in [2.45, 2.75) is 0 Å². The molecule has 0 aliphatic rings. The Morgan fingerprint density at radius 3 is 2.58 bits per heavy atom. The summed E-state index contributed by atoms with van der Waals surface area (Å²) in [6.07, 6.45) is 5.48. The van der Waals surface area contributed by atoms with Gasteiger partial charge in [-0.05, 0) is 32.3 Å². The van der Waals surface area contributed by atoms with E-state index in [-0.39, 0.29) is 0 Å². The van der Waals surface area contributed by atoms with Crippen LogP contribution in [0.3, 0.4) is 0 Å². The molecule has 0 aliphatic carbocycles. The van der Waals surface area contributed by atoms with Gasteiger partial charge in [-0.1, -0.05) is 18.2 Å². The Morgan fingerprint density at radius 2 is 1.85 bits per heavy atom. The summed E-state index contributed by atoms with van der Waals surface area (Å²) < 4.78 is 7.74. The minimum Gasteiger partial charge on any atom is -0.494 e. The molecular formula is C29H33N7O4. The third-order valence-electron chi connectivity index (χ3n) is 6.32. The van der Waals surface area contributed by atoms with Gasteiger partial charge in [0.1, 0.15) is 5.75 Å². The van der Waals surface area contributed by atoms with E-state index in [1.165, 1.54) is 0 Å². The first-order valence-electron chi connectivity index (χ1n) is 12.6. The number of carboxylic acids is 1. The zero-order valence-corrected chi connectivity index (χ0v) is 23.2. The van der Waals surface area contributed by atoms with Crippen molar-refractivity contribution in [3.05, 3.63) is 67.0 Å². The van der Waals surface area contributed by atoms with Crippen LogP contribution >= 0.6 is 0 Å². The molecule has 0 fully saturated rings. The maximum Gasteiger partial charge on any atom is 0.328 e. The smallest absolute Gasteiger partial charge is 0.328 e. The number of benzene rings is 2. The van der Waals surface area contributed by atoms with E-state index in [2.05, 4.69) is 37.2 Å². The van der Waals surface area contributed by atoms with E-state index in [9.17, 15) is 9.59 Å². The predicted molar refractivity (Wildman–Crippen MR) is 157 cm³/mol. The first kappa shape index (κ1) is 28.1. The van der Waals surface area contributed by atoms with Gasteiger partial charge in [-0.25, -0.2) is 14.8 Å². The van der Waals surface area contributed by atoms with Gasteiger partial charge in [0.25, 0.3) is 0 Å². The molecule has 0 bridgehead atoms. The van der Waals surface area contributed by atoms with Crippen LogP contribution in [0.25, 0.3) is 22.2 Å². The topological polar surface area (TPSA) is 125 Å². The van der Waals surface area contributed by atoms with E-state index in [0.717, 1.165) is 40.9 Å². The lowest BCUT2D eigenvalue weighted by molar-refractivity contribution is -0.131. The maximum absolute atomic E-state index is 12.5. The zero-order valence-electron chi connectivity index (χ0n) is 23.2. The number of fused-ring (bicyclic) bond motifs is 1. The molecule has 3 N–H and O–H groups in total. The van der Waals surface area contributed by atoms with Crippen LogP contribution in [0.4, 0.5) is 23.0 Å². The highest BCUT2D eigenvalue weighted by Gasteiger charge is 2.17. The zero-order chi connectivity index (χ0) is 28.8. The van der Waals surface area contributed by atoms with Crippen LogP contribution in [0, 0.1) is 0 Å². The number of aliphatic carboxylic acids is 1. The third-order valence-corrected chi connectivity index (χ3v) is 6.32. The Morgan fingerprint density at radius 1 is 1.07 bits per heavy atom. The fourth-order valence-corrected chi connectivity index (χ4v) is 4.28. The van der Waals surface area contributed by atoms with Crippen molar-refractivity contribution in [2.24, 2.45) is 7.05 Å². The van der Waals surface area contributed by atoms with Gasteiger partial charge in [0.2, 0.25) is 11.9 Å². The number of anilines is 4. The number of carbonyl (C=O) groups excluding carboxylic acids is 1. The Hall–Kier alpha value is -4.90. The highest BCUT2D eigenvalue weighted by Crippen LogP contribution is 2.38. The molecule has 2 aromatic heterocycles. The average molecular weight is 544 g/mol. The molecule has 11 nitrogen and oxygen atoms in total. The predicted octanol–water partition coefficient (Wildman–Crippen LogP) is 3.96. The molecule has 2 aromatic carbocycles. The van der Waals surface area contributed by atoms with Crippen LogP contribution in [-0.4, -0.2) is 77.8 Å². The van der Waals surface area contributed by atoms with E-state index in [0.29, 0.717) is 35.3 Å². The number of carbonyl (C=O) groups is 2. The largest absolute Gasteiger partial charge is 0.494 e. The Balaban J connectivity index is 1.71. The number of likely N-dealkylation sites (N-methyl/N-ethyl adjacent to an activating group) is 2. The Labute approximate surface area is 232 Å². The number of amides is 1. The summed E-state index contributed by atoms with van der Waals surface area (Å²) in [6.45, 7) is 1.45. The van der Waals surface area contributed by atoms with E-state index in [4.69, 9.17) is 14.8 Å². The van der Waals surface area contributed by atoms with Crippen molar-refractivity contribution in [1.29, 1.82) is 0 Å². The number of nitrogens with zero attached hydrogens (tertiary/aromatic N) is 5. The molecule has 2 heterocycles. The molecule has 0 saturated heterocycles. The molecule has 40 heavy (non-hydrogen) atoms. The number of rotatable bonds is 11. The molecular weight excluding hydrogens is 510 g/mol. The summed E-state index contributed by atoms with van der Waals surface area (Å²) in [4.78, 5) is 36.6. The van der Waals surface area contributed by atoms with Crippen LogP contribution in [0.15, 0.2) is 67.0 Å². The van der Waals surface area contributed by atoms with Gasteiger partial charge in [-0.2, -0.15) is 0 Å². The summed E-state index contributed by atoms with van der Waals surface area (Å²) in [5.74, 6) is -0.917. The fourth-order valence-electron chi connectivity index (χ4n) is 4.28. The highest BCUT2D eigenvalue weighted by atomic mass is 16.5. The monoisotopic (exact) mass is 543 g/mol. The number of aryl methyl sites for hydroxylation is 1. The van der Waals surface area contributed by atoms with E-state index < -0.39 is 11.9 Å². The summed E-state index contributed by atoms with van der Waals surface area (Å²) in [5, 5.41) is 16.0. The number of methoxy groups -OCH3 is 1. The van der Waals surface area contributed by atoms with Gasteiger partial charge in [0.15, 0.2) is 0 Å². The second-order valence-electron chi connectivity index (χ2n) is 9.52. The van der Waals surface area contributed by atoms with Gasteiger partial charge in [0, 0.05) is 74.3 Å². The van der Waals surface area contributed by atoms with Crippen LogP contribution in [0.1, 0.15) is 0 Å². The normalized spacial score (nSPS) is 11.2. The van der Waals surface area contributed by atoms with Gasteiger partial charge in [0.05, 0.1) is 29.9 Å². The van der Waals surface area contributed by atoms with Crippen LogP contribution in [-0.2, 0) is 16.6 Å². The standard InChI is InChI=1S/C29H33N7O4/c1-34(2)14-15-35(3)25-17-26(40-5)23(16-22(25)31-27(37)10-11-28(38)39)33-29-30-13-12-21(32-29)20-18-36(4)24-9-7-6-8-19(20)24/h6-13,16-18H,14-15H2,1-5H3,(H,31,37)(H,38,39)(H,30,32,33)/b11-10-. The van der Waals surface area contributed by atoms with Crippen molar-refractivity contribution in [1.82, 2.24) is 19.4 Å². The molecule has 0 spiro atoms. The molecule has 0 atom stereocenters. The van der Waals surface area contributed by atoms with E-state index in [1.807, 2.05) is 63.6 Å². The highest BCUT2D eigenvalue weighted by molar-refractivity contribution is 6.04. The second-order valence-corrected chi connectivity index (χ2v) is 9.52. The van der Waals surface area contributed by atoms with Crippen LogP contribution in [0.2, 0.25) is 0 Å². The minimum absolute atomic E-state index is 0.348. The number of nitrogens with one attached hydrogen (secondary N) is 2. The fraction of sp³-hybridized carbons (Fsp3) is 0.241. The number of aromatic nitrogens is 3. The molecule has 208 valence electrons. The summed E-state index contributed by atoms with van der Waals surface area (Å²) in [5.41, 5.74) is 4.52. The number of carboxylic acid groups (broad SMARTS) is 1. The first-order valence-corrected chi connectivity index (χ1v) is 12.6. The van der Waals surface area contributed by atoms with Gasteiger partial charge in [-0.15, -0.1) is 0 Å². The van der Waals surface area contributed by atoms with E-state index in [1.54, 1.807) is 19.4 Å². The number of ether oxygens (including phenoxy) is 1. The lowest BCUT2D eigenvalue weighted by Crippen LogP contribution is -2.29. The van der Waals surface area contributed by atoms with E-state index >= 15 is 0 Å². The molecule has 0 aliphatic heterocycles. The van der Waals surface area contributed by atoms with Gasteiger partial charge < -0.3 is 34.8 Å². The maximum atomic E-state index is 12.5. The van der Waals surface area contributed by atoms with Crippen molar-refractivity contribution >= 4 is 45.8 Å².